The van der Waals surface area contributed by atoms with Crippen molar-refractivity contribution in [3.8, 4) is 6.07 Å². The smallest absolute Gasteiger partial charge is 0.125 e. The van der Waals surface area contributed by atoms with Crippen molar-refractivity contribution < 1.29 is 4.74 Å². The number of nitriles is 1. The van der Waals surface area contributed by atoms with Crippen LogP contribution in [0.25, 0.3) is 0 Å². The van der Waals surface area contributed by atoms with E-state index in [2.05, 4.69) is 64.0 Å². The molecule has 9 heteroatoms. The molecule has 6 rings (SSSR count). The molecule has 0 radical (unpaired) electrons. The standard InChI is InChI=1S/C28H38N8O/c1-20-18-37-15-14-36(20)24-16-23(27(2)6-10-30-25(26(27)32-24)22-4-9-31-33-22)28(19-29)7-12-35(13-8-28)21-5-11-34(3)17-21/h4,6,9-10,16,20-21,23H,5,7-8,11-15,17-18H2,1-3H3,(H,31,33)/t20-,21?,23?,27?/m1/s1. The summed E-state index contributed by atoms with van der Waals surface area (Å²) in [6.07, 6.45) is 11.1. The van der Waals surface area contributed by atoms with Gasteiger partial charge < -0.3 is 14.5 Å². The molecule has 3 saturated heterocycles. The molecular weight excluding hydrogens is 464 g/mol. The van der Waals surface area contributed by atoms with Gasteiger partial charge in [-0.15, -0.1) is 0 Å². The molecule has 5 aliphatic heterocycles. The number of likely N-dealkylation sites (tertiary alicyclic amines) is 2. The van der Waals surface area contributed by atoms with Crippen molar-refractivity contribution in [3.05, 3.63) is 42.1 Å². The highest BCUT2D eigenvalue weighted by atomic mass is 16.5. The van der Waals surface area contributed by atoms with Crippen LogP contribution in [-0.4, -0.2) is 101 Å². The van der Waals surface area contributed by atoms with E-state index in [0.29, 0.717) is 19.3 Å². The molecule has 6 heterocycles. The van der Waals surface area contributed by atoms with Gasteiger partial charge in [-0.05, 0) is 58.8 Å². The van der Waals surface area contributed by atoms with Crippen LogP contribution >= 0.6 is 0 Å². The van der Waals surface area contributed by atoms with Crippen molar-refractivity contribution in [3.63, 3.8) is 0 Å². The van der Waals surface area contributed by atoms with Gasteiger partial charge in [0.25, 0.3) is 0 Å². The van der Waals surface area contributed by atoms with Crippen LogP contribution in [0.15, 0.2) is 46.4 Å². The Kier molecular flexibility index (Phi) is 6.30. The fraction of sp³-hybridized carbons (Fsp3) is 0.643. The van der Waals surface area contributed by atoms with Crippen LogP contribution < -0.4 is 0 Å². The Morgan fingerprint density at radius 1 is 1.22 bits per heavy atom. The number of likely N-dealkylation sites (N-methyl/N-ethyl adjacent to an activating group) is 1. The summed E-state index contributed by atoms with van der Waals surface area (Å²) in [5.74, 6) is 0.936. The minimum absolute atomic E-state index is 0.0133. The van der Waals surface area contributed by atoms with E-state index in [0.717, 1.165) is 68.5 Å². The molecule has 0 bridgehead atoms. The molecule has 3 unspecified atom stereocenters. The fourth-order valence-electron chi connectivity index (χ4n) is 7.10. The summed E-state index contributed by atoms with van der Waals surface area (Å²) in [6.45, 7) is 10.8. The first kappa shape index (κ1) is 24.5. The second-order valence-electron chi connectivity index (χ2n) is 11.6. The van der Waals surface area contributed by atoms with Crippen LogP contribution in [0.4, 0.5) is 0 Å². The van der Waals surface area contributed by atoms with Gasteiger partial charge in [-0.2, -0.15) is 10.4 Å². The SMILES string of the molecule is C[C@@H]1COCCN1C1=CC(C2(C#N)CCN(C3CCN(C)C3)CC2)C2(C)C=CN=C(c3ccn[nH]3)C2=N1. The summed E-state index contributed by atoms with van der Waals surface area (Å²) in [4.78, 5) is 17.4. The van der Waals surface area contributed by atoms with Gasteiger partial charge in [0.2, 0.25) is 0 Å². The lowest BCUT2D eigenvalue weighted by atomic mass is 9.56. The number of nitrogens with one attached hydrogen (secondary N) is 1. The number of morpholine rings is 1. The van der Waals surface area contributed by atoms with E-state index in [1.807, 2.05) is 12.3 Å². The van der Waals surface area contributed by atoms with Crippen LogP contribution in [0.1, 0.15) is 38.8 Å². The van der Waals surface area contributed by atoms with Gasteiger partial charge in [0.1, 0.15) is 11.5 Å². The molecule has 0 aliphatic carbocycles. The molecule has 1 aromatic heterocycles. The number of aliphatic imine (C=N–C) groups is 2. The maximum atomic E-state index is 10.8. The van der Waals surface area contributed by atoms with E-state index in [9.17, 15) is 5.26 Å². The van der Waals surface area contributed by atoms with E-state index >= 15 is 0 Å². The highest BCUT2D eigenvalue weighted by Crippen LogP contribution is 2.53. The Bertz CT molecular complexity index is 1170. The van der Waals surface area contributed by atoms with Crippen molar-refractivity contribution in [1.29, 1.82) is 5.26 Å². The number of hydrogen-bond donors (Lipinski definition) is 1. The number of rotatable bonds is 4. The second kappa shape index (κ2) is 9.50. The summed E-state index contributed by atoms with van der Waals surface area (Å²) in [5.41, 5.74) is 1.69. The lowest BCUT2D eigenvalue weighted by Gasteiger charge is -2.51. The molecule has 0 spiro atoms. The van der Waals surface area contributed by atoms with Gasteiger partial charge in [0.15, 0.2) is 0 Å². The predicted octanol–water partition coefficient (Wildman–Crippen LogP) is 2.68. The van der Waals surface area contributed by atoms with Crippen LogP contribution in [-0.2, 0) is 4.74 Å². The number of fused-ring (bicyclic) bond motifs is 1. The second-order valence-corrected chi connectivity index (χ2v) is 11.6. The van der Waals surface area contributed by atoms with Gasteiger partial charge >= 0.3 is 0 Å². The van der Waals surface area contributed by atoms with Gasteiger partial charge in [-0.1, -0.05) is 6.08 Å². The summed E-state index contributed by atoms with van der Waals surface area (Å²) in [6, 6.07) is 5.65. The lowest BCUT2D eigenvalue weighted by molar-refractivity contribution is 0.0137. The number of nitrogens with zero attached hydrogens (tertiary/aromatic N) is 7. The summed E-state index contributed by atoms with van der Waals surface area (Å²) in [5, 5.41) is 18.1. The van der Waals surface area contributed by atoms with Crippen LogP contribution in [0.5, 0.6) is 0 Å². The minimum Gasteiger partial charge on any atom is -0.377 e. The van der Waals surface area contributed by atoms with Crippen LogP contribution in [0.2, 0.25) is 0 Å². The largest absolute Gasteiger partial charge is 0.377 e. The molecular formula is C28H38N8O. The third-order valence-corrected chi connectivity index (χ3v) is 9.36. The molecule has 37 heavy (non-hydrogen) atoms. The average molecular weight is 503 g/mol. The van der Waals surface area contributed by atoms with Gasteiger partial charge in [0, 0.05) is 56.0 Å². The number of H-pyrrole nitrogens is 1. The zero-order valence-corrected chi connectivity index (χ0v) is 22.2. The normalized spacial score (nSPS) is 34.4. The molecule has 196 valence electrons. The maximum Gasteiger partial charge on any atom is 0.125 e. The fourth-order valence-corrected chi connectivity index (χ4v) is 7.10. The maximum absolute atomic E-state index is 10.8. The highest BCUT2D eigenvalue weighted by molar-refractivity contribution is 6.50. The van der Waals surface area contributed by atoms with Gasteiger partial charge in [0.05, 0.1) is 42.1 Å². The zero-order valence-electron chi connectivity index (χ0n) is 22.2. The first-order valence-corrected chi connectivity index (χ1v) is 13.7. The number of piperidine rings is 1. The van der Waals surface area contributed by atoms with Crippen molar-refractivity contribution in [1.82, 2.24) is 24.9 Å². The zero-order chi connectivity index (χ0) is 25.6. The Morgan fingerprint density at radius 2 is 2.05 bits per heavy atom. The Morgan fingerprint density at radius 3 is 2.73 bits per heavy atom. The highest BCUT2D eigenvalue weighted by Gasteiger charge is 2.54. The van der Waals surface area contributed by atoms with Gasteiger partial charge in [-0.3, -0.25) is 15.0 Å². The molecule has 4 atom stereocenters. The quantitative estimate of drug-likeness (QED) is 0.680. The summed E-state index contributed by atoms with van der Waals surface area (Å²) < 4.78 is 5.73. The van der Waals surface area contributed by atoms with Crippen molar-refractivity contribution >= 4 is 11.4 Å². The third-order valence-electron chi connectivity index (χ3n) is 9.36. The van der Waals surface area contributed by atoms with E-state index < -0.39 is 10.8 Å². The number of aromatic nitrogens is 2. The molecule has 9 nitrogen and oxygen atoms in total. The number of aromatic amines is 1. The number of hydrogen-bond acceptors (Lipinski definition) is 8. The Balaban J connectivity index is 1.38. The van der Waals surface area contributed by atoms with E-state index in [4.69, 9.17) is 14.7 Å². The predicted molar refractivity (Wildman–Crippen MR) is 143 cm³/mol. The lowest BCUT2D eigenvalue weighted by Crippen LogP contribution is -2.55. The molecule has 0 amide bonds. The van der Waals surface area contributed by atoms with E-state index in [1.165, 1.54) is 6.42 Å². The minimum atomic E-state index is -0.474. The van der Waals surface area contributed by atoms with Gasteiger partial charge in [-0.25, -0.2) is 4.99 Å². The van der Waals surface area contributed by atoms with Crippen molar-refractivity contribution in [2.75, 3.05) is 53.0 Å². The molecule has 1 N–H and O–H groups in total. The topological polar surface area (TPSA) is 96.1 Å². The Hall–Kier alpha value is -2.80. The number of allylic oxidation sites excluding steroid dienone is 2. The van der Waals surface area contributed by atoms with Crippen molar-refractivity contribution in [2.45, 2.75) is 45.2 Å². The average Bonchev–Trinajstić information content (AvgIpc) is 3.60. The Labute approximate surface area is 219 Å². The first-order valence-electron chi connectivity index (χ1n) is 13.7. The first-order chi connectivity index (χ1) is 17.9. The third kappa shape index (κ3) is 4.15. The molecule has 0 saturated carbocycles. The molecule has 0 aromatic carbocycles. The van der Waals surface area contributed by atoms with Crippen molar-refractivity contribution in [2.24, 2.45) is 26.7 Å². The monoisotopic (exact) mass is 502 g/mol. The van der Waals surface area contributed by atoms with E-state index in [-0.39, 0.29) is 12.0 Å². The van der Waals surface area contributed by atoms with Crippen LogP contribution in [0.3, 0.4) is 0 Å². The van der Waals surface area contributed by atoms with E-state index in [1.54, 1.807) is 6.20 Å². The molecule has 1 aromatic rings. The molecule has 5 aliphatic rings. The molecule has 3 fully saturated rings. The summed E-state index contributed by atoms with van der Waals surface area (Å²) in [7, 11) is 2.21. The van der Waals surface area contributed by atoms with Crippen LogP contribution in [0, 0.1) is 28.1 Å². The summed E-state index contributed by atoms with van der Waals surface area (Å²) >= 11 is 0. The number of ether oxygens (including phenoxy) is 1.